The predicted molar refractivity (Wildman–Crippen MR) is 57.4 cm³/mol. The molecule has 16 heavy (non-hydrogen) atoms. The lowest BCUT2D eigenvalue weighted by Crippen LogP contribution is -2.39. The Kier molecular flexibility index (Phi) is 3.46. The van der Waals surface area contributed by atoms with Gasteiger partial charge < -0.3 is 4.74 Å². The van der Waals surface area contributed by atoms with Crippen LogP contribution in [0.2, 0.25) is 0 Å². The fourth-order valence-corrected chi connectivity index (χ4v) is 1.64. The molecule has 1 unspecified atom stereocenters. The van der Waals surface area contributed by atoms with Crippen molar-refractivity contribution < 1.29 is 9.53 Å². The normalized spacial score (nSPS) is 16.8. The van der Waals surface area contributed by atoms with E-state index >= 15 is 0 Å². The summed E-state index contributed by atoms with van der Waals surface area (Å²) in [6.45, 7) is 0.568. The number of hydrogen-bond donors (Lipinski definition) is 1. The van der Waals surface area contributed by atoms with E-state index in [4.69, 9.17) is 4.74 Å². The highest BCUT2D eigenvalue weighted by atomic mass is 16.5. The van der Waals surface area contributed by atoms with E-state index in [0.29, 0.717) is 12.5 Å². The van der Waals surface area contributed by atoms with Crippen LogP contribution in [0.25, 0.3) is 0 Å². The highest BCUT2D eigenvalue weighted by Crippen LogP contribution is 2.33. The van der Waals surface area contributed by atoms with Crippen LogP contribution in [0.15, 0.2) is 18.6 Å². The smallest absolute Gasteiger partial charge is 0.323 e. The lowest BCUT2D eigenvalue weighted by molar-refractivity contribution is -0.143. The number of hydrogen-bond acceptors (Lipinski definition) is 5. The van der Waals surface area contributed by atoms with Crippen LogP contribution in [-0.2, 0) is 16.1 Å². The number of carbonyl (C=O) groups excluding carboxylic acids is 1. The van der Waals surface area contributed by atoms with Crippen LogP contribution in [0.1, 0.15) is 18.5 Å². The molecule has 1 fully saturated rings. The lowest BCUT2D eigenvalue weighted by atomic mass is 10.2. The summed E-state index contributed by atoms with van der Waals surface area (Å²) in [5, 5.41) is 3.18. The average Bonchev–Trinajstić information content (AvgIpc) is 3.15. The third-order valence-corrected chi connectivity index (χ3v) is 2.69. The summed E-state index contributed by atoms with van der Waals surface area (Å²) in [4.78, 5) is 19.4. The van der Waals surface area contributed by atoms with E-state index < -0.39 is 0 Å². The van der Waals surface area contributed by atoms with E-state index in [-0.39, 0.29) is 12.0 Å². The molecule has 0 spiro atoms. The minimum Gasteiger partial charge on any atom is -0.468 e. The Bertz CT molecular complexity index is 352. The Labute approximate surface area is 94.2 Å². The first-order valence-electron chi connectivity index (χ1n) is 5.37. The predicted octanol–water partition coefficient (Wildman–Crippen LogP) is 0.518. The van der Waals surface area contributed by atoms with Crippen molar-refractivity contribution in [1.82, 2.24) is 15.3 Å². The van der Waals surface area contributed by atoms with Crippen molar-refractivity contribution in [3.63, 3.8) is 0 Å². The molecular formula is C11H15N3O2. The van der Waals surface area contributed by atoms with Crippen molar-refractivity contribution in [1.29, 1.82) is 0 Å². The number of carbonyl (C=O) groups is 1. The molecule has 0 aliphatic heterocycles. The number of rotatable bonds is 5. The van der Waals surface area contributed by atoms with Crippen LogP contribution in [0, 0.1) is 5.92 Å². The second kappa shape index (κ2) is 5.03. The zero-order valence-electron chi connectivity index (χ0n) is 9.22. The second-order valence-corrected chi connectivity index (χ2v) is 3.92. The van der Waals surface area contributed by atoms with Crippen LogP contribution >= 0.6 is 0 Å². The molecule has 1 atom stereocenters. The zero-order chi connectivity index (χ0) is 11.4. The summed E-state index contributed by atoms with van der Waals surface area (Å²) in [7, 11) is 1.42. The highest BCUT2D eigenvalue weighted by Gasteiger charge is 2.36. The molecule has 0 saturated heterocycles. The topological polar surface area (TPSA) is 64.1 Å². The van der Waals surface area contributed by atoms with Crippen LogP contribution < -0.4 is 5.32 Å². The van der Waals surface area contributed by atoms with Gasteiger partial charge in [-0.25, -0.2) is 9.97 Å². The molecule has 0 bridgehead atoms. The Morgan fingerprint density at radius 3 is 3.06 bits per heavy atom. The molecule has 5 nitrogen and oxygen atoms in total. The van der Waals surface area contributed by atoms with Gasteiger partial charge in [0, 0.05) is 12.7 Å². The minimum atomic E-state index is -0.194. The van der Waals surface area contributed by atoms with E-state index in [1.807, 2.05) is 6.07 Å². The number of esters is 1. The van der Waals surface area contributed by atoms with E-state index in [1.165, 1.54) is 13.4 Å². The van der Waals surface area contributed by atoms with Gasteiger partial charge in [-0.15, -0.1) is 0 Å². The zero-order valence-corrected chi connectivity index (χ0v) is 9.22. The average molecular weight is 221 g/mol. The van der Waals surface area contributed by atoms with Gasteiger partial charge >= 0.3 is 5.97 Å². The van der Waals surface area contributed by atoms with Crippen LogP contribution in [0.4, 0.5) is 0 Å². The SMILES string of the molecule is COC(=O)C(NCc1ccncn1)C1CC1. The summed E-state index contributed by atoms with van der Waals surface area (Å²) < 4.78 is 4.77. The molecule has 2 rings (SSSR count). The molecule has 1 saturated carbocycles. The molecule has 1 aromatic rings. The van der Waals surface area contributed by atoms with E-state index in [0.717, 1.165) is 18.5 Å². The fraction of sp³-hybridized carbons (Fsp3) is 0.545. The Morgan fingerprint density at radius 2 is 2.50 bits per heavy atom. The molecule has 5 heteroatoms. The van der Waals surface area contributed by atoms with E-state index in [9.17, 15) is 4.79 Å². The first kappa shape index (κ1) is 11.0. The van der Waals surface area contributed by atoms with Crippen molar-refractivity contribution >= 4 is 5.97 Å². The van der Waals surface area contributed by atoms with Gasteiger partial charge in [0.05, 0.1) is 12.8 Å². The monoisotopic (exact) mass is 221 g/mol. The molecule has 0 amide bonds. The molecule has 1 aromatic heterocycles. The fourth-order valence-electron chi connectivity index (χ4n) is 1.64. The third-order valence-electron chi connectivity index (χ3n) is 2.69. The summed E-state index contributed by atoms with van der Waals surface area (Å²) in [5.41, 5.74) is 0.879. The van der Waals surface area contributed by atoms with Gasteiger partial charge in [-0.2, -0.15) is 0 Å². The van der Waals surface area contributed by atoms with Gasteiger partial charge in [-0.1, -0.05) is 0 Å². The molecule has 1 aliphatic rings. The van der Waals surface area contributed by atoms with Crippen LogP contribution in [-0.4, -0.2) is 29.1 Å². The van der Waals surface area contributed by atoms with Gasteiger partial charge in [0.2, 0.25) is 0 Å². The van der Waals surface area contributed by atoms with Crippen LogP contribution in [0.5, 0.6) is 0 Å². The van der Waals surface area contributed by atoms with E-state index in [2.05, 4.69) is 15.3 Å². The van der Waals surface area contributed by atoms with Crippen molar-refractivity contribution in [2.45, 2.75) is 25.4 Å². The van der Waals surface area contributed by atoms with E-state index in [1.54, 1.807) is 6.20 Å². The van der Waals surface area contributed by atoms with Crippen molar-refractivity contribution in [3.05, 3.63) is 24.3 Å². The molecule has 1 heterocycles. The van der Waals surface area contributed by atoms with Gasteiger partial charge in [-0.05, 0) is 24.8 Å². The summed E-state index contributed by atoms with van der Waals surface area (Å²) in [5.74, 6) is 0.242. The maximum absolute atomic E-state index is 11.5. The first-order valence-corrected chi connectivity index (χ1v) is 5.37. The Hall–Kier alpha value is -1.49. The molecule has 86 valence electrons. The largest absolute Gasteiger partial charge is 0.468 e. The van der Waals surface area contributed by atoms with Crippen molar-refractivity contribution in [2.24, 2.45) is 5.92 Å². The summed E-state index contributed by atoms with van der Waals surface area (Å²) >= 11 is 0. The van der Waals surface area contributed by atoms with Crippen molar-refractivity contribution in [2.75, 3.05) is 7.11 Å². The summed E-state index contributed by atoms with van der Waals surface area (Å²) in [6.07, 6.45) is 5.38. The third kappa shape index (κ3) is 2.76. The Morgan fingerprint density at radius 1 is 1.69 bits per heavy atom. The maximum Gasteiger partial charge on any atom is 0.323 e. The number of nitrogens with zero attached hydrogens (tertiary/aromatic N) is 2. The number of methoxy groups -OCH3 is 1. The van der Waals surface area contributed by atoms with Gasteiger partial charge in [0.15, 0.2) is 0 Å². The van der Waals surface area contributed by atoms with Gasteiger partial charge in [0.25, 0.3) is 0 Å². The molecule has 1 N–H and O–H groups in total. The second-order valence-electron chi connectivity index (χ2n) is 3.92. The first-order chi connectivity index (χ1) is 7.81. The van der Waals surface area contributed by atoms with Crippen molar-refractivity contribution in [3.8, 4) is 0 Å². The molecule has 0 radical (unpaired) electrons. The Balaban J connectivity index is 1.89. The van der Waals surface area contributed by atoms with Crippen LogP contribution in [0.3, 0.4) is 0 Å². The number of aromatic nitrogens is 2. The highest BCUT2D eigenvalue weighted by molar-refractivity contribution is 5.76. The number of nitrogens with one attached hydrogen (secondary N) is 1. The standard InChI is InChI=1S/C11H15N3O2/c1-16-11(15)10(8-2-3-8)13-6-9-4-5-12-7-14-9/h4-5,7-8,10,13H,2-3,6H2,1H3. The maximum atomic E-state index is 11.5. The van der Waals surface area contributed by atoms with Gasteiger partial charge in [0.1, 0.15) is 12.4 Å². The lowest BCUT2D eigenvalue weighted by Gasteiger charge is -2.15. The molecule has 1 aliphatic carbocycles. The molecular weight excluding hydrogens is 206 g/mol. The minimum absolute atomic E-state index is 0.184. The quantitative estimate of drug-likeness (QED) is 0.734. The number of ether oxygens (including phenoxy) is 1. The summed E-state index contributed by atoms with van der Waals surface area (Å²) in [6, 6.07) is 1.63. The van der Waals surface area contributed by atoms with Gasteiger partial charge in [-0.3, -0.25) is 10.1 Å². The molecule has 0 aromatic carbocycles.